The monoisotopic (exact) mass is 614 g/mol. The Kier molecular flexibility index (Phi) is 8.30. The van der Waals surface area contributed by atoms with Gasteiger partial charge in [-0.25, -0.2) is 9.55 Å². The zero-order valence-electron chi connectivity index (χ0n) is 24.6. The second-order valence-corrected chi connectivity index (χ2v) is 13.4. The smallest absolute Gasteiger partial charge is 0.475 e. The Labute approximate surface area is 243 Å². The molecule has 16 nitrogen and oxygen atoms in total. The minimum atomic E-state index is -4.05. The van der Waals surface area contributed by atoms with Crippen LogP contribution >= 0.6 is 7.82 Å². The molecule has 3 aliphatic rings. The minimum absolute atomic E-state index is 0.0343. The van der Waals surface area contributed by atoms with E-state index in [1.807, 2.05) is 13.8 Å². The van der Waals surface area contributed by atoms with E-state index in [0.717, 1.165) is 0 Å². The number of ether oxygens (including phenoxy) is 4. The van der Waals surface area contributed by atoms with E-state index in [9.17, 15) is 14.5 Å². The Morgan fingerprint density at radius 1 is 1.29 bits per heavy atom. The Hall–Kier alpha value is -2.43. The SMILES string of the molecule is CCOc1nc(N)nc2c1ncn2[C@@H]1O[C@@H]2COP(=O)(OCCCNC(=O)[C@@H]3OC(C)(C)OCC3(C)C)O[C@H]2[C@@]1(C)O. The zero-order valence-corrected chi connectivity index (χ0v) is 25.5. The van der Waals surface area contributed by atoms with Gasteiger partial charge < -0.3 is 35.1 Å². The van der Waals surface area contributed by atoms with Gasteiger partial charge in [0.15, 0.2) is 23.2 Å². The number of phosphoric ester groups is 1. The van der Waals surface area contributed by atoms with Crippen LogP contribution in [0, 0.1) is 5.41 Å². The van der Waals surface area contributed by atoms with Crippen LogP contribution in [-0.4, -0.2) is 93.2 Å². The minimum Gasteiger partial charge on any atom is -0.476 e. The van der Waals surface area contributed by atoms with Gasteiger partial charge in [-0.1, -0.05) is 13.8 Å². The Bertz CT molecular complexity index is 1370. The number of nitrogens with one attached hydrogen (secondary N) is 1. The van der Waals surface area contributed by atoms with Crippen LogP contribution in [0.1, 0.15) is 54.2 Å². The highest BCUT2D eigenvalue weighted by Gasteiger charge is 2.60. The lowest BCUT2D eigenvalue weighted by atomic mass is 9.85. The summed E-state index contributed by atoms with van der Waals surface area (Å²) in [4.78, 5) is 25.4. The molecule has 3 aliphatic heterocycles. The van der Waals surface area contributed by atoms with E-state index in [1.165, 1.54) is 17.8 Å². The lowest BCUT2D eigenvalue weighted by Gasteiger charge is -2.44. The number of carbonyl (C=O) groups is 1. The quantitative estimate of drug-likeness (QED) is 0.272. The van der Waals surface area contributed by atoms with Gasteiger partial charge in [-0.15, -0.1) is 0 Å². The standard InChI is InChI=1S/C25H39N6O10P/c1-7-35-20-15-18(29-22(26)30-20)31(13-28-15)21-25(6,33)16-14(39-21)11-38-42(34,41-16)37-10-8-9-27-19(32)17-23(2,3)12-36-24(4,5)40-17/h13-14,16-17,21,33H,7-12H2,1-6H3,(H,27,32)(H2,26,29,30)/t14-,16-,17+,21-,25-,42?/m1/s1. The maximum absolute atomic E-state index is 13.3. The molecule has 0 saturated carbocycles. The van der Waals surface area contributed by atoms with E-state index >= 15 is 0 Å². The van der Waals surface area contributed by atoms with Crippen molar-refractivity contribution in [3.63, 3.8) is 0 Å². The average molecular weight is 615 g/mol. The molecular weight excluding hydrogens is 575 g/mol. The first-order chi connectivity index (χ1) is 19.7. The number of anilines is 1. The molecule has 5 rings (SSSR count). The lowest BCUT2D eigenvalue weighted by molar-refractivity contribution is -0.304. The lowest BCUT2D eigenvalue weighted by Crippen LogP contribution is -2.56. The summed E-state index contributed by atoms with van der Waals surface area (Å²) in [6.07, 6.45) is -1.79. The average Bonchev–Trinajstić information content (AvgIpc) is 3.43. The zero-order chi connectivity index (χ0) is 30.5. The van der Waals surface area contributed by atoms with Crippen molar-refractivity contribution in [2.75, 3.05) is 38.7 Å². The highest BCUT2D eigenvalue weighted by atomic mass is 31.2. The molecule has 1 amide bonds. The summed E-state index contributed by atoms with van der Waals surface area (Å²) in [5, 5.41) is 14.4. The number of nitrogen functional groups attached to an aromatic ring is 1. The molecule has 0 aromatic carbocycles. The van der Waals surface area contributed by atoms with Crippen molar-refractivity contribution in [2.24, 2.45) is 5.41 Å². The fourth-order valence-corrected chi connectivity index (χ4v) is 6.64. The molecule has 3 fully saturated rings. The summed E-state index contributed by atoms with van der Waals surface area (Å²) >= 11 is 0. The van der Waals surface area contributed by atoms with E-state index in [4.69, 9.17) is 38.3 Å². The first-order valence-corrected chi connectivity index (χ1v) is 15.3. The van der Waals surface area contributed by atoms with Gasteiger partial charge in [0.1, 0.15) is 23.9 Å². The Morgan fingerprint density at radius 2 is 2.05 bits per heavy atom. The third kappa shape index (κ3) is 5.99. The van der Waals surface area contributed by atoms with Crippen molar-refractivity contribution < 1.29 is 47.0 Å². The van der Waals surface area contributed by atoms with Gasteiger partial charge in [-0.2, -0.15) is 9.97 Å². The number of fused-ring (bicyclic) bond motifs is 2. The molecule has 1 unspecified atom stereocenters. The van der Waals surface area contributed by atoms with Gasteiger partial charge in [-0.3, -0.25) is 22.9 Å². The predicted molar refractivity (Wildman–Crippen MR) is 146 cm³/mol. The number of nitrogens with zero attached hydrogens (tertiary/aromatic N) is 4. The number of amides is 1. The molecule has 5 heterocycles. The van der Waals surface area contributed by atoms with Crippen LogP contribution in [0.5, 0.6) is 5.88 Å². The number of rotatable bonds is 9. The van der Waals surface area contributed by atoms with Crippen molar-refractivity contribution in [3.8, 4) is 5.88 Å². The summed E-state index contributed by atoms with van der Waals surface area (Å²) in [6, 6.07) is 0. The summed E-state index contributed by atoms with van der Waals surface area (Å²) in [5.74, 6) is -0.968. The molecule has 2 aromatic heterocycles. The summed E-state index contributed by atoms with van der Waals surface area (Å²) < 4.78 is 54.5. The highest BCUT2D eigenvalue weighted by molar-refractivity contribution is 7.48. The van der Waals surface area contributed by atoms with E-state index in [2.05, 4.69) is 20.3 Å². The molecule has 0 spiro atoms. The largest absolute Gasteiger partial charge is 0.476 e. The third-order valence-corrected chi connectivity index (χ3v) is 8.76. The number of imidazole rings is 1. The summed E-state index contributed by atoms with van der Waals surface area (Å²) in [6.45, 7) is 11.4. The topological polar surface area (TPSA) is 201 Å². The van der Waals surface area contributed by atoms with Gasteiger partial charge in [0.05, 0.1) is 32.8 Å². The van der Waals surface area contributed by atoms with Crippen LogP contribution in [0.25, 0.3) is 11.2 Å². The third-order valence-electron chi connectivity index (χ3n) is 7.31. The number of hydrogen-bond acceptors (Lipinski definition) is 14. The maximum atomic E-state index is 13.3. The number of hydrogen-bond donors (Lipinski definition) is 3. The molecule has 6 atom stereocenters. The van der Waals surface area contributed by atoms with Crippen LogP contribution < -0.4 is 15.8 Å². The number of carbonyl (C=O) groups excluding carboxylic acids is 1. The number of aromatic nitrogens is 4. The second-order valence-electron chi connectivity index (χ2n) is 11.8. The Morgan fingerprint density at radius 3 is 2.79 bits per heavy atom. The number of phosphoric acid groups is 1. The first kappa shape index (κ1) is 31.0. The van der Waals surface area contributed by atoms with Gasteiger partial charge in [0.25, 0.3) is 0 Å². The molecule has 0 aliphatic carbocycles. The highest BCUT2D eigenvalue weighted by Crippen LogP contribution is 2.59. The van der Waals surface area contributed by atoms with Gasteiger partial charge in [0, 0.05) is 12.0 Å². The molecule has 234 valence electrons. The van der Waals surface area contributed by atoms with Crippen molar-refractivity contribution in [3.05, 3.63) is 6.33 Å². The van der Waals surface area contributed by atoms with E-state index < -0.39 is 49.2 Å². The first-order valence-electron chi connectivity index (χ1n) is 13.8. The van der Waals surface area contributed by atoms with Crippen LogP contribution in [0.15, 0.2) is 6.33 Å². The second kappa shape index (κ2) is 11.2. The molecule has 0 radical (unpaired) electrons. The normalized spacial score (nSPS) is 33.8. The van der Waals surface area contributed by atoms with E-state index in [-0.39, 0.29) is 43.1 Å². The van der Waals surface area contributed by atoms with Crippen molar-refractivity contribution in [1.82, 2.24) is 24.8 Å². The molecule has 0 bridgehead atoms. The van der Waals surface area contributed by atoms with Crippen LogP contribution in [0.4, 0.5) is 5.95 Å². The van der Waals surface area contributed by atoms with E-state index in [1.54, 1.807) is 20.8 Å². The molecule has 42 heavy (non-hydrogen) atoms. The van der Waals surface area contributed by atoms with Crippen molar-refractivity contribution in [1.29, 1.82) is 0 Å². The predicted octanol–water partition coefficient (Wildman–Crippen LogP) is 1.68. The molecule has 17 heteroatoms. The van der Waals surface area contributed by atoms with E-state index in [0.29, 0.717) is 25.2 Å². The number of aliphatic hydroxyl groups is 1. The number of nitrogens with two attached hydrogens (primary N) is 1. The van der Waals surface area contributed by atoms with Crippen LogP contribution in [-0.2, 0) is 37.1 Å². The van der Waals surface area contributed by atoms with Crippen molar-refractivity contribution in [2.45, 2.75) is 83.9 Å². The summed E-state index contributed by atoms with van der Waals surface area (Å²) in [7, 11) is -4.05. The van der Waals surface area contributed by atoms with Gasteiger partial charge in [0.2, 0.25) is 17.7 Å². The van der Waals surface area contributed by atoms with Gasteiger partial charge in [-0.05, 0) is 34.1 Å². The van der Waals surface area contributed by atoms with Crippen LogP contribution in [0.3, 0.4) is 0 Å². The van der Waals surface area contributed by atoms with Crippen molar-refractivity contribution >= 4 is 30.8 Å². The fourth-order valence-electron chi connectivity index (χ4n) is 5.13. The molecule has 3 saturated heterocycles. The molecule has 2 aromatic rings. The maximum Gasteiger partial charge on any atom is 0.475 e. The van der Waals surface area contributed by atoms with Crippen LogP contribution in [0.2, 0.25) is 0 Å². The molecule has 4 N–H and O–H groups in total. The Balaban J connectivity index is 1.18. The molecular formula is C25H39N6O10P. The van der Waals surface area contributed by atoms with Gasteiger partial charge >= 0.3 is 7.82 Å². The fraction of sp³-hybridized carbons (Fsp3) is 0.760. The summed E-state index contributed by atoms with van der Waals surface area (Å²) in [5.41, 5.74) is 4.30.